The van der Waals surface area contributed by atoms with Crippen molar-refractivity contribution < 1.29 is 4.79 Å². The van der Waals surface area contributed by atoms with Crippen LogP contribution in [0.4, 0.5) is 0 Å². The van der Waals surface area contributed by atoms with Crippen LogP contribution in [0.5, 0.6) is 0 Å². The van der Waals surface area contributed by atoms with Gasteiger partial charge in [-0.1, -0.05) is 34.1 Å². The molecule has 0 saturated heterocycles. The molecule has 0 amide bonds. The minimum absolute atomic E-state index is 0.00966. The molecule has 3 heteroatoms. The number of rotatable bonds is 3. The van der Waals surface area contributed by atoms with E-state index in [-0.39, 0.29) is 5.78 Å². The number of ketones is 1. The maximum absolute atomic E-state index is 12.2. The van der Waals surface area contributed by atoms with E-state index in [0.717, 1.165) is 20.9 Å². The molecule has 0 saturated carbocycles. The van der Waals surface area contributed by atoms with E-state index in [4.69, 9.17) is 0 Å². The molecule has 3 rings (SSSR count). The molecular weight excluding hydrogens is 326 g/mol. The lowest BCUT2D eigenvalue weighted by atomic mass is 10.1. The lowest BCUT2D eigenvalue weighted by Gasteiger charge is -1.96. The molecular formula is C18H14BrNO. The van der Waals surface area contributed by atoms with E-state index in [1.54, 1.807) is 6.08 Å². The Morgan fingerprint density at radius 2 is 1.81 bits per heavy atom. The number of aromatic nitrogens is 1. The molecule has 3 aromatic rings. The van der Waals surface area contributed by atoms with Crippen LogP contribution in [0, 0.1) is 0 Å². The minimum Gasteiger partial charge on any atom is -0.350 e. The topological polar surface area (TPSA) is 22.0 Å². The number of fused-ring (bicyclic) bond motifs is 1. The van der Waals surface area contributed by atoms with Crippen molar-refractivity contribution in [2.24, 2.45) is 7.05 Å². The van der Waals surface area contributed by atoms with Crippen molar-refractivity contribution in [1.82, 2.24) is 4.57 Å². The van der Waals surface area contributed by atoms with Gasteiger partial charge in [0.05, 0.1) is 0 Å². The van der Waals surface area contributed by atoms with Gasteiger partial charge in [0.2, 0.25) is 0 Å². The molecule has 1 heterocycles. The molecule has 0 N–H and O–H groups in total. The Morgan fingerprint density at radius 1 is 1.10 bits per heavy atom. The smallest absolute Gasteiger partial charge is 0.185 e. The monoisotopic (exact) mass is 339 g/mol. The van der Waals surface area contributed by atoms with E-state index in [9.17, 15) is 4.79 Å². The van der Waals surface area contributed by atoms with Crippen molar-refractivity contribution in [1.29, 1.82) is 0 Å². The first kappa shape index (κ1) is 13.8. The third-order valence-corrected chi connectivity index (χ3v) is 4.00. The summed E-state index contributed by atoms with van der Waals surface area (Å²) in [7, 11) is 2.01. The van der Waals surface area contributed by atoms with Gasteiger partial charge in [-0.05, 0) is 42.5 Å². The summed E-state index contributed by atoms with van der Waals surface area (Å²) in [6.45, 7) is 0. The number of hydrogen-bond acceptors (Lipinski definition) is 1. The Morgan fingerprint density at radius 3 is 2.57 bits per heavy atom. The fourth-order valence-corrected chi connectivity index (χ4v) is 2.65. The van der Waals surface area contributed by atoms with Crippen LogP contribution in [0.2, 0.25) is 0 Å². The summed E-state index contributed by atoms with van der Waals surface area (Å²) in [6, 6.07) is 15.6. The van der Waals surface area contributed by atoms with Crippen molar-refractivity contribution in [2.45, 2.75) is 0 Å². The first-order valence-electron chi connectivity index (χ1n) is 6.67. The second kappa shape index (κ2) is 5.70. The molecule has 21 heavy (non-hydrogen) atoms. The third kappa shape index (κ3) is 2.83. The van der Waals surface area contributed by atoms with Gasteiger partial charge in [-0.25, -0.2) is 0 Å². The fraction of sp³-hybridized carbons (Fsp3) is 0.0556. The van der Waals surface area contributed by atoms with Crippen molar-refractivity contribution in [3.05, 3.63) is 76.4 Å². The normalized spacial score (nSPS) is 11.3. The number of nitrogens with zero attached hydrogens (tertiary/aromatic N) is 1. The van der Waals surface area contributed by atoms with E-state index >= 15 is 0 Å². The molecule has 0 aliphatic carbocycles. The van der Waals surface area contributed by atoms with E-state index in [2.05, 4.69) is 32.6 Å². The first-order valence-corrected chi connectivity index (χ1v) is 7.46. The molecule has 2 nitrogen and oxygen atoms in total. The Bertz CT molecular complexity index is 828. The SMILES string of the molecule is Cn1cc(C=CC(=O)c2ccc(Br)cc2)c2ccccc21. The highest BCUT2D eigenvalue weighted by molar-refractivity contribution is 9.10. The van der Waals surface area contributed by atoms with E-state index in [1.807, 2.05) is 55.7 Å². The molecule has 0 radical (unpaired) electrons. The lowest BCUT2D eigenvalue weighted by molar-refractivity contribution is 0.104. The number of benzene rings is 2. The zero-order valence-electron chi connectivity index (χ0n) is 11.6. The van der Waals surface area contributed by atoms with Crippen LogP contribution in [-0.2, 0) is 7.05 Å². The Labute approximate surface area is 131 Å². The summed E-state index contributed by atoms with van der Waals surface area (Å²) in [5, 5.41) is 1.15. The van der Waals surface area contributed by atoms with Crippen molar-refractivity contribution in [3.8, 4) is 0 Å². The van der Waals surface area contributed by atoms with Gasteiger partial charge in [0.1, 0.15) is 0 Å². The highest BCUT2D eigenvalue weighted by atomic mass is 79.9. The number of allylic oxidation sites excluding steroid dienone is 1. The molecule has 0 atom stereocenters. The summed E-state index contributed by atoms with van der Waals surface area (Å²) < 4.78 is 3.04. The van der Waals surface area contributed by atoms with Crippen LogP contribution in [0.25, 0.3) is 17.0 Å². The van der Waals surface area contributed by atoms with Gasteiger partial charge in [0, 0.05) is 39.7 Å². The van der Waals surface area contributed by atoms with E-state index in [1.165, 1.54) is 0 Å². The van der Waals surface area contributed by atoms with Crippen LogP contribution in [0.3, 0.4) is 0 Å². The second-order valence-electron chi connectivity index (χ2n) is 4.92. The number of hydrogen-bond donors (Lipinski definition) is 0. The average molecular weight is 340 g/mol. The first-order chi connectivity index (χ1) is 10.1. The van der Waals surface area contributed by atoms with Gasteiger partial charge < -0.3 is 4.57 Å². The summed E-state index contributed by atoms with van der Waals surface area (Å²) in [6.07, 6.45) is 5.55. The summed E-state index contributed by atoms with van der Waals surface area (Å²) in [4.78, 5) is 12.2. The van der Waals surface area contributed by atoms with Crippen molar-refractivity contribution >= 4 is 38.7 Å². The molecule has 0 aliphatic heterocycles. The summed E-state index contributed by atoms with van der Waals surface area (Å²) >= 11 is 3.37. The molecule has 0 aliphatic rings. The van der Waals surface area contributed by atoms with Gasteiger partial charge in [0.15, 0.2) is 5.78 Å². The van der Waals surface area contributed by atoms with Gasteiger partial charge in [-0.15, -0.1) is 0 Å². The number of aryl methyl sites for hydroxylation is 1. The Kier molecular flexibility index (Phi) is 3.76. The maximum Gasteiger partial charge on any atom is 0.185 e. The van der Waals surface area contributed by atoms with Gasteiger partial charge in [0.25, 0.3) is 0 Å². The highest BCUT2D eigenvalue weighted by Crippen LogP contribution is 2.21. The predicted octanol–water partition coefficient (Wildman–Crippen LogP) is 4.84. The maximum atomic E-state index is 12.2. The zero-order valence-corrected chi connectivity index (χ0v) is 13.2. The minimum atomic E-state index is 0.00966. The molecule has 1 aromatic heterocycles. The number of carbonyl (C=O) groups is 1. The van der Waals surface area contributed by atoms with Crippen LogP contribution < -0.4 is 0 Å². The molecule has 2 aromatic carbocycles. The van der Waals surface area contributed by atoms with Crippen LogP contribution in [-0.4, -0.2) is 10.4 Å². The predicted molar refractivity (Wildman–Crippen MR) is 90.4 cm³/mol. The van der Waals surface area contributed by atoms with Crippen LogP contribution >= 0.6 is 15.9 Å². The molecule has 0 spiro atoms. The van der Waals surface area contributed by atoms with Crippen LogP contribution in [0.15, 0.2) is 65.3 Å². The molecule has 0 bridgehead atoms. The summed E-state index contributed by atoms with van der Waals surface area (Å²) in [5.41, 5.74) is 2.90. The Balaban J connectivity index is 1.91. The fourth-order valence-electron chi connectivity index (χ4n) is 2.38. The standard InChI is InChI=1S/C18H14BrNO/c1-20-12-14(16-4-2-3-5-17(16)20)8-11-18(21)13-6-9-15(19)10-7-13/h2-12H,1H3. The second-order valence-corrected chi connectivity index (χ2v) is 5.83. The number of halogens is 1. The third-order valence-electron chi connectivity index (χ3n) is 3.47. The summed E-state index contributed by atoms with van der Waals surface area (Å²) in [5.74, 6) is 0.00966. The van der Waals surface area contributed by atoms with Crippen molar-refractivity contribution in [2.75, 3.05) is 0 Å². The zero-order chi connectivity index (χ0) is 14.8. The van der Waals surface area contributed by atoms with Gasteiger partial charge >= 0.3 is 0 Å². The lowest BCUT2D eigenvalue weighted by Crippen LogP contribution is -1.92. The quantitative estimate of drug-likeness (QED) is 0.494. The molecule has 0 fully saturated rings. The molecule has 0 unspecified atom stereocenters. The number of para-hydroxylation sites is 1. The van der Waals surface area contributed by atoms with Crippen molar-refractivity contribution in [3.63, 3.8) is 0 Å². The largest absolute Gasteiger partial charge is 0.350 e. The highest BCUT2D eigenvalue weighted by Gasteiger charge is 2.05. The van der Waals surface area contributed by atoms with Gasteiger partial charge in [-0.2, -0.15) is 0 Å². The molecule has 104 valence electrons. The average Bonchev–Trinajstić information content (AvgIpc) is 2.83. The number of carbonyl (C=O) groups excluding carboxylic acids is 1. The van der Waals surface area contributed by atoms with Crippen LogP contribution in [0.1, 0.15) is 15.9 Å². The van der Waals surface area contributed by atoms with E-state index in [0.29, 0.717) is 5.56 Å². The Hall–Kier alpha value is -2.13. The van der Waals surface area contributed by atoms with E-state index < -0.39 is 0 Å². The van der Waals surface area contributed by atoms with Gasteiger partial charge in [-0.3, -0.25) is 4.79 Å².